The van der Waals surface area contributed by atoms with Gasteiger partial charge < -0.3 is 9.84 Å². The van der Waals surface area contributed by atoms with Crippen LogP contribution in [0, 0.1) is 17.5 Å². The van der Waals surface area contributed by atoms with Gasteiger partial charge in [-0.1, -0.05) is 35.5 Å². The number of hydrogen-bond donors (Lipinski definition) is 1. The van der Waals surface area contributed by atoms with Crippen molar-refractivity contribution in [2.45, 2.75) is 0 Å². The highest BCUT2D eigenvalue weighted by Crippen LogP contribution is 2.29. The lowest BCUT2D eigenvalue weighted by atomic mass is 10.2. The summed E-state index contributed by atoms with van der Waals surface area (Å²) < 4.78 is 45.2. The van der Waals surface area contributed by atoms with E-state index in [2.05, 4.69) is 25.4 Å². The van der Waals surface area contributed by atoms with Gasteiger partial charge >= 0.3 is 0 Å². The van der Waals surface area contributed by atoms with Crippen LogP contribution in [0.1, 0.15) is 0 Å². The van der Waals surface area contributed by atoms with Crippen molar-refractivity contribution < 1.29 is 17.7 Å². The molecule has 2 aromatic heterocycles. The molecule has 0 aliphatic rings. The molecule has 4 rings (SSSR count). The molecular weight excluding hydrogens is 359 g/mol. The molecule has 0 radical (unpaired) electrons. The molecule has 0 fully saturated rings. The molecule has 0 spiro atoms. The van der Waals surface area contributed by atoms with Crippen molar-refractivity contribution in [2.75, 3.05) is 5.32 Å². The van der Waals surface area contributed by atoms with Gasteiger partial charge in [0.1, 0.15) is 17.7 Å². The quantitative estimate of drug-likeness (QED) is 0.539. The minimum Gasteiger partial charge on any atom is -0.339 e. The third-order valence-electron chi connectivity index (χ3n) is 3.65. The third kappa shape index (κ3) is 3.34. The Balaban J connectivity index is 1.69. The number of aromatic nitrogens is 4. The van der Waals surface area contributed by atoms with Crippen molar-refractivity contribution in [1.29, 1.82) is 0 Å². The van der Waals surface area contributed by atoms with Gasteiger partial charge in [0.15, 0.2) is 17.5 Å². The molecule has 0 saturated heterocycles. The zero-order chi connectivity index (χ0) is 18.8. The Hall–Kier alpha value is -3.75. The van der Waals surface area contributed by atoms with Gasteiger partial charge in [-0.05, 0) is 0 Å². The first kappa shape index (κ1) is 16.7. The van der Waals surface area contributed by atoms with Crippen LogP contribution < -0.4 is 5.32 Å². The summed E-state index contributed by atoms with van der Waals surface area (Å²) in [7, 11) is 0. The number of halogens is 3. The molecule has 0 unspecified atom stereocenters. The number of rotatable bonds is 4. The van der Waals surface area contributed by atoms with Gasteiger partial charge in [0.2, 0.25) is 5.82 Å². The SMILES string of the molecule is Fc1cc(Nc2ncncc2-c2nc(-c3ccccc3)no2)cc(F)c1F. The highest BCUT2D eigenvalue weighted by molar-refractivity contribution is 5.73. The summed E-state index contributed by atoms with van der Waals surface area (Å²) in [6.45, 7) is 0. The summed E-state index contributed by atoms with van der Waals surface area (Å²) >= 11 is 0. The van der Waals surface area contributed by atoms with Crippen molar-refractivity contribution >= 4 is 11.5 Å². The van der Waals surface area contributed by atoms with E-state index in [1.54, 1.807) is 0 Å². The van der Waals surface area contributed by atoms with E-state index >= 15 is 0 Å². The van der Waals surface area contributed by atoms with Gasteiger partial charge in [-0.15, -0.1) is 0 Å². The second-order valence-corrected chi connectivity index (χ2v) is 5.45. The van der Waals surface area contributed by atoms with E-state index in [0.29, 0.717) is 11.4 Å². The minimum atomic E-state index is -1.55. The lowest BCUT2D eigenvalue weighted by Crippen LogP contribution is -2.00. The summed E-state index contributed by atoms with van der Waals surface area (Å²) in [4.78, 5) is 12.2. The number of benzene rings is 2. The van der Waals surface area contributed by atoms with Crippen LogP contribution in [0.4, 0.5) is 24.7 Å². The topological polar surface area (TPSA) is 76.7 Å². The molecule has 4 aromatic rings. The lowest BCUT2D eigenvalue weighted by molar-refractivity contribution is 0.432. The summed E-state index contributed by atoms with van der Waals surface area (Å²) in [6, 6.07) is 10.8. The van der Waals surface area contributed by atoms with Gasteiger partial charge in [0, 0.05) is 29.6 Å². The van der Waals surface area contributed by atoms with Crippen LogP contribution in [0.3, 0.4) is 0 Å². The Labute approximate surface area is 150 Å². The molecule has 27 heavy (non-hydrogen) atoms. The molecule has 0 aliphatic heterocycles. The van der Waals surface area contributed by atoms with Crippen LogP contribution >= 0.6 is 0 Å². The van der Waals surface area contributed by atoms with Gasteiger partial charge in [-0.3, -0.25) is 0 Å². The molecule has 0 atom stereocenters. The Morgan fingerprint density at radius 3 is 2.44 bits per heavy atom. The average molecular weight is 369 g/mol. The van der Waals surface area contributed by atoms with E-state index in [-0.39, 0.29) is 17.4 Å². The predicted molar refractivity (Wildman–Crippen MR) is 90.4 cm³/mol. The largest absolute Gasteiger partial charge is 0.339 e. The second-order valence-electron chi connectivity index (χ2n) is 5.45. The molecule has 1 N–H and O–H groups in total. The maximum Gasteiger partial charge on any atom is 0.263 e. The molecule has 0 bridgehead atoms. The zero-order valence-electron chi connectivity index (χ0n) is 13.5. The Morgan fingerprint density at radius 2 is 1.70 bits per heavy atom. The maximum absolute atomic E-state index is 13.4. The maximum atomic E-state index is 13.4. The molecule has 9 heteroatoms. The standard InChI is InChI=1S/C18H10F3N5O/c19-13-6-11(7-14(20)15(13)21)24-17-12(8-22-9-23-17)18-25-16(26-27-18)10-4-2-1-3-5-10/h1-9H,(H,22,23,24). The van der Waals surface area contributed by atoms with Crippen molar-refractivity contribution in [3.63, 3.8) is 0 Å². The van der Waals surface area contributed by atoms with E-state index in [1.807, 2.05) is 30.3 Å². The van der Waals surface area contributed by atoms with Gasteiger partial charge in [0.25, 0.3) is 5.89 Å². The summed E-state index contributed by atoms with van der Waals surface area (Å²) in [5, 5.41) is 6.62. The molecule has 0 saturated carbocycles. The number of nitrogens with zero attached hydrogens (tertiary/aromatic N) is 4. The van der Waals surface area contributed by atoms with Crippen molar-refractivity contribution in [3.05, 3.63) is 72.4 Å². The molecule has 2 aromatic carbocycles. The molecule has 0 amide bonds. The smallest absolute Gasteiger partial charge is 0.263 e. The predicted octanol–water partition coefficient (Wildman–Crippen LogP) is 4.35. The van der Waals surface area contributed by atoms with Crippen LogP contribution in [-0.4, -0.2) is 20.1 Å². The lowest BCUT2D eigenvalue weighted by Gasteiger charge is -2.08. The van der Waals surface area contributed by atoms with Crippen LogP contribution in [0.2, 0.25) is 0 Å². The third-order valence-corrected chi connectivity index (χ3v) is 3.65. The molecule has 0 aliphatic carbocycles. The van der Waals surface area contributed by atoms with Gasteiger partial charge in [-0.25, -0.2) is 23.1 Å². The molecule has 2 heterocycles. The van der Waals surface area contributed by atoms with Crippen molar-refractivity contribution in [2.24, 2.45) is 0 Å². The average Bonchev–Trinajstić information content (AvgIpc) is 3.17. The minimum absolute atomic E-state index is 0.0332. The Morgan fingerprint density at radius 1 is 0.963 bits per heavy atom. The van der Waals surface area contributed by atoms with Crippen LogP contribution in [-0.2, 0) is 0 Å². The zero-order valence-corrected chi connectivity index (χ0v) is 13.5. The van der Waals surface area contributed by atoms with E-state index < -0.39 is 17.5 Å². The van der Waals surface area contributed by atoms with Crippen LogP contribution in [0.15, 0.2) is 59.5 Å². The van der Waals surface area contributed by atoms with Crippen molar-refractivity contribution in [3.8, 4) is 22.8 Å². The van der Waals surface area contributed by atoms with Crippen LogP contribution in [0.25, 0.3) is 22.8 Å². The van der Waals surface area contributed by atoms with E-state index in [1.165, 1.54) is 12.5 Å². The number of nitrogens with one attached hydrogen (secondary N) is 1. The fourth-order valence-corrected chi connectivity index (χ4v) is 2.39. The normalized spacial score (nSPS) is 10.8. The number of hydrogen-bond acceptors (Lipinski definition) is 6. The summed E-state index contributed by atoms with van der Waals surface area (Å²) in [6.07, 6.45) is 2.64. The second kappa shape index (κ2) is 6.87. The fourth-order valence-electron chi connectivity index (χ4n) is 2.39. The molecule has 6 nitrogen and oxygen atoms in total. The molecular formula is C18H10F3N5O. The van der Waals surface area contributed by atoms with E-state index in [4.69, 9.17) is 4.52 Å². The van der Waals surface area contributed by atoms with Gasteiger partial charge in [-0.2, -0.15) is 4.98 Å². The molecule has 134 valence electrons. The summed E-state index contributed by atoms with van der Waals surface area (Å²) in [5.41, 5.74) is 1.04. The summed E-state index contributed by atoms with van der Waals surface area (Å²) in [5.74, 6) is -3.56. The first-order valence-electron chi connectivity index (χ1n) is 7.73. The van der Waals surface area contributed by atoms with Gasteiger partial charge in [0.05, 0.1) is 0 Å². The first-order chi connectivity index (χ1) is 13.1. The van der Waals surface area contributed by atoms with Crippen LogP contribution in [0.5, 0.6) is 0 Å². The van der Waals surface area contributed by atoms with E-state index in [9.17, 15) is 13.2 Å². The van der Waals surface area contributed by atoms with E-state index in [0.717, 1.165) is 17.7 Å². The first-order valence-corrected chi connectivity index (χ1v) is 7.73. The van der Waals surface area contributed by atoms with Crippen molar-refractivity contribution in [1.82, 2.24) is 20.1 Å². The highest BCUT2D eigenvalue weighted by atomic mass is 19.2. The fraction of sp³-hybridized carbons (Fsp3) is 0. The number of anilines is 2. The highest BCUT2D eigenvalue weighted by Gasteiger charge is 2.17. The Kier molecular flexibility index (Phi) is 4.25. The monoisotopic (exact) mass is 369 g/mol. The Bertz CT molecular complexity index is 1080.